The molecule has 1 heterocycles. The normalized spacial score (nSPS) is 12.7. The van der Waals surface area contributed by atoms with Crippen molar-refractivity contribution in [3.8, 4) is 5.75 Å². The number of esters is 1. The van der Waals surface area contributed by atoms with Gasteiger partial charge in [0, 0.05) is 31.3 Å². The number of aryl methyl sites for hydroxylation is 1. The zero-order valence-electron chi connectivity index (χ0n) is 21.0. The minimum Gasteiger partial charge on any atom is -0.492 e. The van der Waals surface area contributed by atoms with Crippen LogP contribution >= 0.6 is 11.3 Å². The summed E-state index contributed by atoms with van der Waals surface area (Å²) in [6.45, 7) is 6.35. The van der Waals surface area contributed by atoms with Crippen molar-refractivity contribution in [2.24, 2.45) is 0 Å². The summed E-state index contributed by atoms with van der Waals surface area (Å²) in [6, 6.07) is 11.5. The van der Waals surface area contributed by atoms with Gasteiger partial charge in [0.05, 0.1) is 6.61 Å². The van der Waals surface area contributed by atoms with Gasteiger partial charge >= 0.3 is 5.97 Å². The fourth-order valence-corrected chi connectivity index (χ4v) is 7.23. The summed E-state index contributed by atoms with van der Waals surface area (Å²) in [5, 5.41) is 0.616. The van der Waals surface area contributed by atoms with Gasteiger partial charge < -0.3 is 14.2 Å². The molecule has 0 aliphatic carbocycles. The number of ether oxygens (including phenoxy) is 3. The Balaban J connectivity index is 1.65. The molecule has 1 aromatic heterocycles. The zero-order chi connectivity index (χ0) is 26.3. The zero-order valence-corrected chi connectivity index (χ0v) is 22.6. The van der Waals surface area contributed by atoms with E-state index in [1.165, 1.54) is 23.5 Å². The molecule has 0 bridgehead atoms. The van der Waals surface area contributed by atoms with Gasteiger partial charge in [0.15, 0.2) is 6.10 Å². The number of benzene rings is 2. The van der Waals surface area contributed by atoms with Crippen LogP contribution in [0.3, 0.4) is 0 Å². The molecule has 2 aromatic carbocycles. The van der Waals surface area contributed by atoms with E-state index in [-0.39, 0.29) is 24.0 Å². The summed E-state index contributed by atoms with van der Waals surface area (Å²) in [4.78, 5) is 11.9. The average molecular weight is 538 g/mol. The number of carbonyl (C=O) groups is 1. The number of hydrogen-bond donors (Lipinski definition) is 0. The van der Waals surface area contributed by atoms with Crippen LogP contribution in [0.25, 0.3) is 10.1 Å². The number of sulfonamides is 1. The second-order valence-corrected chi connectivity index (χ2v) is 11.4. The molecule has 3 rings (SSSR count). The predicted octanol–water partition coefficient (Wildman–Crippen LogP) is 4.95. The lowest BCUT2D eigenvalue weighted by Crippen LogP contribution is -2.35. The smallest absolute Gasteiger partial charge is 0.335 e. The van der Waals surface area contributed by atoms with Crippen LogP contribution in [0.5, 0.6) is 5.75 Å². The average Bonchev–Trinajstić information content (AvgIpc) is 3.19. The second kappa shape index (κ2) is 12.6. The number of fused-ring (bicyclic) bond motifs is 1. The fraction of sp³-hybridized carbons (Fsp3) is 0.423. The summed E-state index contributed by atoms with van der Waals surface area (Å²) in [5.74, 6) is -0.210. The molecule has 0 unspecified atom stereocenters. The minimum atomic E-state index is -3.77. The third-order valence-corrected chi connectivity index (χ3v) is 9.46. The first-order chi connectivity index (χ1) is 17.2. The summed E-state index contributed by atoms with van der Waals surface area (Å²) in [5.41, 5.74) is 1.44. The number of rotatable bonds is 13. The van der Waals surface area contributed by atoms with Gasteiger partial charge in [0.25, 0.3) is 10.0 Å². The Labute approximate surface area is 215 Å². The maximum Gasteiger partial charge on any atom is 0.335 e. The quantitative estimate of drug-likeness (QED) is 0.287. The van der Waals surface area contributed by atoms with Gasteiger partial charge in [-0.25, -0.2) is 17.6 Å². The van der Waals surface area contributed by atoms with Gasteiger partial charge in [-0.2, -0.15) is 4.31 Å². The van der Waals surface area contributed by atoms with Crippen LogP contribution in [-0.4, -0.2) is 58.2 Å². The van der Waals surface area contributed by atoms with Crippen LogP contribution in [0.1, 0.15) is 31.4 Å². The minimum absolute atomic E-state index is 0.167. The van der Waals surface area contributed by atoms with E-state index in [4.69, 9.17) is 14.2 Å². The van der Waals surface area contributed by atoms with Crippen molar-refractivity contribution < 1.29 is 31.8 Å². The van der Waals surface area contributed by atoms with E-state index in [0.717, 1.165) is 21.6 Å². The lowest BCUT2D eigenvalue weighted by molar-refractivity contribution is -0.154. The van der Waals surface area contributed by atoms with Crippen molar-refractivity contribution in [3.05, 3.63) is 59.4 Å². The largest absolute Gasteiger partial charge is 0.492 e. The number of methoxy groups -OCH3 is 1. The van der Waals surface area contributed by atoms with E-state index in [1.54, 1.807) is 32.0 Å². The summed E-state index contributed by atoms with van der Waals surface area (Å²) in [7, 11) is -2.30. The number of carbonyl (C=O) groups excluding carboxylic acids is 1. The van der Waals surface area contributed by atoms with Gasteiger partial charge in [0.2, 0.25) is 0 Å². The van der Waals surface area contributed by atoms with Crippen molar-refractivity contribution in [2.75, 3.05) is 33.4 Å². The summed E-state index contributed by atoms with van der Waals surface area (Å²) >= 11 is 1.16. The predicted molar refractivity (Wildman–Crippen MR) is 139 cm³/mol. The molecule has 10 heteroatoms. The highest BCUT2D eigenvalue weighted by Gasteiger charge is 2.28. The molecule has 196 valence electrons. The highest BCUT2D eigenvalue weighted by Crippen LogP contribution is 2.36. The molecular weight excluding hydrogens is 505 g/mol. The molecule has 0 amide bonds. The molecule has 0 saturated carbocycles. The van der Waals surface area contributed by atoms with Gasteiger partial charge in [-0.3, -0.25) is 0 Å². The van der Waals surface area contributed by atoms with E-state index in [2.05, 4.69) is 0 Å². The van der Waals surface area contributed by atoms with Gasteiger partial charge in [-0.1, -0.05) is 19.1 Å². The monoisotopic (exact) mass is 537 g/mol. The Morgan fingerprint density at radius 1 is 1.11 bits per heavy atom. The van der Waals surface area contributed by atoms with Crippen LogP contribution < -0.4 is 4.74 Å². The molecule has 0 aliphatic heterocycles. The standard InChI is InChI=1S/C26H32FNO6S2/c1-5-13-28(36(30,31)26-18(3)22-17-20(27)9-12-24(22)35-26)14-15-34-21-10-7-19(8-11-21)16-23(32-4)25(29)33-6-2/h7-12,17,23H,5-6,13-16H2,1-4H3/t23-/m0/s1. The van der Waals surface area contributed by atoms with Gasteiger partial charge in [-0.15, -0.1) is 11.3 Å². The number of halogens is 1. The molecule has 3 aromatic rings. The molecule has 0 aliphatic rings. The van der Waals surface area contributed by atoms with E-state index >= 15 is 0 Å². The third-order valence-electron chi connectivity index (χ3n) is 5.69. The van der Waals surface area contributed by atoms with E-state index in [9.17, 15) is 17.6 Å². The highest BCUT2D eigenvalue weighted by molar-refractivity contribution is 7.91. The topological polar surface area (TPSA) is 82.1 Å². The van der Waals surface area contributed by atoms with Crippen molar-refractivity contribution in [1.29, 1.82) is 0 Å². The van der Waals surface area contributed by atoms with Gasteiger partial charge in [-0.05, 0) is 67.1 Å². The molecule has 0 fully saturated rings. The van der Waals surface area contributed by atoms with Crippen molar-refractivity contribution in [1.82, 2.24) is 4.31 Å². The molecule has 0 N–H and O–H groups in total. The number of hydrogen-bond acceptors (Lipinski definition) is 7. The van der Waals surface area contributed by atoms with Crippen LogP contribution in [0.2, 0.25) is 0 Å². The Kier molecular flexibility index (Phi) is 9.84. The lowest BCUT2D eigenvalue weighted by atomic mass is 10.1. The first kappa shape index (κ1) is 28.0. The van der Waals surface area contributed by atoms with Crippen LogP contribution in [0.4, 0.5) is 4.39 Å². The third kappa shape index (κ3) is 6.61. The molecular formula is C26H32FNO6S2. The lowest BCUT2D eigenvalue weighted by Gasteiger charge is -2.21. The van der Waals surface area contributed by atoms with Gasteiger partial charge in [0.1, 0.15) is 22.4 Å². The van der Waals surface area contributed by atoms with E-state index in [0.29, 0.717) is 36.1 Å². The molecule has 7 nitrogen and oxygen atoms in total. The van der Waals surface area contributed by atoms with Crippen molar-refractivity contribution >= 4 is 37.4 Å². The van der Waals surface area contributed by atoms with Crippen LogP contribution in [0, 0.1) is 12.7 Å². The summed E-state index contributed by atoms with van der Waals surface area (Å²) < 4.78 is 59.1. The maximum absolute atomic E-state index is 13.7. The Bertz CT molecular complexity index is 1270. The molecule has 0 saturated heterocycles. The van der Waals surface area contributed by atoms with Crippen LogP contribution in [0.15, 0.2) is 46.7 Å². The molecule has 36 heavy (non-hydrogen) atoms. The second-order valence-electron chi connectivity index (χ2n) is 8.23. The highest BCUT2D eigenvalue weighted by atomic mass is 32.2. The molecule has 1 atom stereocenters. The first-order valence-electron chi connectivity index (χ1n) is 11.8. The van der Waals surface area contributed by atoms with Crippen molar-refractivity contribution in [2.45, 2.75) is 43.9 Å². The van der Waals surface area contributed by atoms with Crippen molar-refractivity contribution in [3.63, 3.8) is 0 Å². The molecule has 0 spiro atoms. The van der Waals surface area contributed by atoms with E-state index < -0.39 is 27.9 Å². The summed E-state index contributed by atoms with van der Waals surface area (Å²) in [6.07, 6.45) is 0.336. The first-order valence-corrected chi connectivity index (χ1v) is 14.1. The number of thiophene rings is 1. The Morgan fingerprint density at radius 2 is 1.83 bits per heavy atom. The van der Waals surface area contributed by atoms with Crippen LogP contribution in [-0.2, 0) is 30.7 Å². The maximum atomic E-state index is 13.7. The van der Waals surface area contributed by atoms with E-state index in [1.807, 2.05) is 19.1 Å². The Morgan fingerprint density at radius 3 is 2.47 bits per heavy atom. The Hall–Kier alpha value is -2.53. The molecule has 0 radical (unpaired) electrons. The number of nitrogens with zero attached hydrogens (tertiary/aromatic N) is 1. The fourth-order valence-electron chi connectivity index (χ4n) is 3.83. The SMILES string of the molecule is CCCN(CCOc1ccc(C[C@H](OC)C(=O)OCC)cc1)S(=O)(=O)c1sc2ccc(F)cc2c1C.